The van der Waals surface area contributed by atoms with E-state index in [4.69, 9.17) is 4.74 Å². The van der Waals surface area contributed by atoms with Gasteiger partial charge in [0.2, 0.25) is 11.8 Å². The molecule has 0 bridgehead atoms. The molecule has 2 N–H and O–H groups in total. The SMILES string of the molecule is COc1cccc(NC(=O)C(NC(=O)Cc2ccc3ccccc3c2)C(C)C)c1. The van der Waals surface area contributed by atoms with Gasteiger partial charge in [-0.15, -0.1) is 0 Å². The normalized spacial score (nSPS) is 11.9. The Bertz CT molecular complexity index is 1010. The quantitative estimate of drug-likeness (QED) is 0.636. The lowest BCUT2D eigenvalue weighted by molar-refractivity contribution is -0.127. The van der Waals surface area contributed by atoms with E-state index in [1.165, 1.54) is 0 Å². The maximum atomic E-state index is 12.7. The van der Waals surface area contributed by atoms with Crippen LogP contribution in [0.1, 0.15) is 19.4 Å². The van der Waals surface area contributed by atoms with E-state index in [2.05, 4.69) is 10.6 Å². The Morgan fingerprint density at radius 2 is 1.69 bits per heavy atom. The summed E-state index contributed by atoms with van der Waals surface area (Å²) < 4.78 is 5.18. The summed E-state index contributed by atoms with van der Waals surface area (Å²) in [6, 6.07) is 20.5. The third-order valence-electron chi connectivity index (χ3n) is 4.78. The molecule has 3 aromatic rings. The molecule has 0 aromatic heterocycles. The minimum atomic E-state index is -0.630. The molecule has 0 spiro atoms. The van der Waals surface area contributed by atoms with Crippen LogP contribution in [-0.4, -0.2) is 25.0 Å². The number of ether oxygens (including phenoxy) is 1. The fourth-order valence-corrected chi connectivity index (χ4v) is 3.21. The van der Waals surface area contributed by atoms with Gasteiger partial charge in [-0.05, 0) is 34.4 Å². The molecular weight excluding hydrogens is 364 g/mol. The number of hydrogen-bond donors (Lipinski definition) is 2. The predicted octanol–water partition coefficient (Wildman–Crippen LogP) is 4.17. The number of carbonyl (C=O) groups excluding carboxylic acids is 2. The number of fused-ring (bicyclic) bond motifs is 1. The molecule has 0 aliphatic heterocycles. The molecule has 0 heterocycles. The monoisotopic (exact) mass is 390 g/mol. The summed E-state index contributed by atoms with van der Waals surface area (Å²) in [6.07, 6.45) is 0.223. The number of carbonyl (C=O) groups is 2. The minimum absolute atomic E-state index is 0.0545. The standard InChI is InChI=1S/C24H26N2O3/c1-16(2)23(24(28)25-20-9-6-10-21(15-20)29-3)26-22(27)14-17-11-12-18-7-4-5-8-19(18)13-17/h4-13,15-16,23H,14H2,1-3H3,(H,25,28)(H,26,27). The first-order chi connectivity index (χ1) is 14.0. The number of methoxy groups -OCH3 is 1. The van der Waals surface area contributed by atoms with Crippen LogP contribution in [0.4, 0.5) is 5.69 Å². The molecule has 5 heteroatoms. The van der Waals surface area contributed by atoms with Crippen LogP contribution in [-0.2, 0) is 16.0 Å². The van der Waals surface area contributed by atoms with Gasteiger partial charge in [0.25, 0.3) is 0 Å². The zero-order valence-electron chi connectivity index (χ0n) is 16.9. The number of anilines is 1. The zero-order chi connectivity index (χ0) is 20.8. The van der Waals surface area contributed by atoms with Crippen molar-refractivity contribution in [2.45, 2.75) is 26.3 Å². The van der Waals surface area contributed by atoms with Gasteiger partial charge in [0, 0.05) is 11.8 Å². The van der Waals surface area contributed by atoms with Gasteiger partial charge < -0.3 is 15.4 Å². The van der Waals surface area contributed by atoms with Gasteiger partial charge in [0.05, 0.1) is 13.5 Å². The minimum Gasteiger partial charge on any atom is -0.497 e. The van der Waals surface area contributed by atoms with E-state index in [1.54, 1.807) is 31.4 Å². The van der Waals surface area contributed by atoms with Crippen LogP contribution >= 0.6 is 0 Å². The van der Waals surface area contributed by atoms with Crippen molar-refractivity contribution < 1.29 is 14.3 Å². The highest BCUT2D eigenvalue weighted by Gasteiger charge is 2.24. The molecule has 1 atom stereocenters. The summed E-state index contributed by atoms with van der Waals surface area (Å²) in [5, 5.41) is 7.96. The van der Waals surface area contributed by atoms with Crippen molar-refractivity contribution in [2.24, 2.45) is 5.92 Å². The van der Waals surface area contributed by atoms with Crippen LogP contribution in [0.3, 0.4) is 0 Å². The second kappa shape index (κ2) is 9.24. The third-order valence-corrected chi connectivity index (χ3v) is 4.78. The molecule has 150 valence electrons. The molecule has 0 aliphatic rings. The predicted molar refractivity (Wildman–Crippen MR) is 116 cm³/mol. The molecule has 0 fully saturated rings. The van der Waals surface area contributed by atoms with Gasteiger partial charge in [0.15, 0.2) is 0 Å². The summed E-state index contributed by atoms with van der Waals surface area (Å²) in [6.45, 7) is 3.82. The highest BCUT2D eigenvalue weighted by atomic mass is 16.5. The first-order valence-corrected chi connectivity index (χ1v) is 9.68. The topological polar surface area (TPSA) is 67.4 Å². The highest BCUT2D eigenvalue weighted by molar-refractivity contribution is 5.97. The van der Waals surface area contributed by atoms with Gasteiger partial charge >= 0.3 is 0 Å². The van der Waals surface area contributed by atoms with Crippen molar-refractivity contribution in [1.29, 1.82) is 0 Å². The Labute approximate surface area is 171 Å². The molecular formula is C24H26N2O3. The Morgan fingerprint density at radius 3 is 2.41 bits per heavy atom. The smallest absolute Gasteiger partial charge is 0.247 e. The van der Waals surface area contributed by atoms with Crippen molar-refractivity contribution >= 4 is 28.3 Å². The Hall–Kier alpha value is -3.34. The van der Waals surface area contributed by atoms with Crippen molar-refractivity contribution in [2.75, 3.05) is 12.4 Å². The van der Waals surface area contributed by atoms with Gasteiger partial charge in [-0.25, -0.2) is 0 Å². The molecule has 0 saturated heterocycles. The lowest BCUT2D eigenvalue weighted by Gasteiger charge is -2.22. The van der Waals surface area contributed by atoms with E-state index >= 15 is 0 Å². The van der Waals surface area contributed by atoms with E-state index in [0.29, 0.717) is 11.4 Å². The van der Waals surface area contributed by atoms with Crippen molar-refractivity contribution in [3.8, 4) is 5.75 Å². The van der Waals surface area contributed by atoms with Gasteiger partial charge in [-0.1, -0.05) is 62.4 Å². The van der Waals surface area contributed by atoms with Crippen LogP contribution in [0.2, 0.25) is 0 Å². The zero-order valence-corrected chi connectivity index (χ0v) is 16.9. The van der Waals surface area contributed by atoms with E-state index in [-0.39, 0.29) is 24.2 Å². The number of rotatable bonds is 7. The molecule has 3 rings (SSSR count). The fourth-order valence-electron chi connectivity index (χ4n) is 3.21. The van der Waals surface area contributed by atoms with E-state index in [1.807, 2.05) is 56.3 Å². The molecule has 0 aliphatic carbocycles. The number of benzene rings is 3. The van der Waals surface area contributed by atoms with Gasteiger partial charge in [-0.2, -0.15) is 0 Å². The molecule has 0 saturated carbocycles. The van der Waals surface area contributed by atoms with Gasteiger partial charge in [-0.3, -0.25) is 9.59 Å². The van der Waals surface area contributed by atoms with Crippen LogP contribution in [0.25, 0.3) is 10.8 Å². The summed E-state index contributed by atoms with van der Waals surface area (Å²) in [4.78, 5) is 25.4. The Morgan fingerprint density at radius 1 is 0.931 bits per heavy atom. The number of nitrogens with one attached hydrogen (secondary N) is 2. The van der Waals surface area contributed by atoms with Crippen LogP contribution in [0.5, 0.6) is 5.75 Å². The molecule has 1 unspecified atom stereocenters. The third kappa shape index (κ3) is 5.35. The Balaban J connectivity index is 1.66. The molecule has 2 amide bonds. The first-order valence-electron chi connectivity index (χ1n) is 9.68. The largest absolute Gasteiger partial charge is 0.497 e. The maximum Gasteiger partial charge on any atom is 0.247 e. The van der Waals surface area contributed by atoms with Crippen molar-refractivity contribution in [1.82, 2.24) is 5.32 Å². The summed E-state index contributed by atoms with van der Waals surface area (Å²) >= 11 is 0. The lowest BCUT2D eigenvalue weighted by atomic mass is 10.0. The summed E-state index contributed by atoms with van der Waals surface area (Å²) in [5.41, 5.74) is 1.54. The van der Waals surface area contributed by atoms with Crippen LogP contribution in [0, 0.1) is 5.92 Å². The maximum absolute atomic E-state index is 12.7. The lowest BCUT2D eigenvalue weighted by Crippen LogP contribution is -2.47. The summed E-state index contributed by atoms with van der Waals surface area (Å²) in [7, 11) is 1.57. The highest BCUT2D eigenvalue weighted by Crippen LogP contribution is 2.18. The second-order valence-electron chi connectivity index (χ2n) is 7.37. The first kappa shape index (κ1) is 20.4. The average Bonchev–Trinajstić information content (AvgIpc) is 2.71. The molecule has 3 aromatic carbocycles. The van der Waals surface area contributed by atoms with E-state index < -0.39 is 6.04 Å². The average molecular weight is 390 g/mol. The van der Waals surface area contributed by atoms with E-state index in [9.17, 15) is 9.59 Å². The molecule has 5 nitrogen and oxygen atoms in total. The number of amides is 2. The fraction of sp³-hybridized carbons (Fsp3) is 0.250. The van der Waals surface area contributed by atoms with Crippen molar-refractivity contribution in [3.63, 3.8) is 0 Å². The molecule has 29 heavy (non-hydrogen) atoms. The molecule has 0 radical (unpaired) electrons. The summed E-state index contributed by atoms with van der Waals surface area (Å²) in [5.74, 6) is 0.172. The number of hydrogen-bond acceptors (Lipinski definition) is 3. The van der Waals surface area contributed by atoms with Crippen LogP contribution in [0.15, 0.2) is 66.7 Å². The second-order valence-corrected chi connectivity index (χ2v) is 7.37. The van der Waals surface area contributed by atoms with Crippen molar-refractivity contribution in [3.05, 3.63) is 72.3 Å². The van der Waals surface area contributed by atoms with Crippen LogP contribution < -0.4 is 15.4 Å². The van der Waals surface area contributed by atoms with E-state index in [0.717, 1.165) is 16.3 Å². The Kier molecular flexibility index (Phi) is 6.50. The van der Waals surface area contributed by atoms with Gasteiger partial charge in [0.1, 0.15) is 11.8 Å².